The number of hydrogen-bond acceptors (Lipinski definition) is 6. The minimum atomic E-state index is -0.914. The number of nitrogens with zero attached hydrogens (tertiary/aromatic N) is 1. The molecule has 198 valence electrons. The van der Waals surface area contributed by atoms with Crippen LogP contribution in [-0.2, 0) is 21.4 Å². The number of carbonyl (C=O) groups excluding carboxylic acids is 2. The molecule has 2 aliphatic rings. The number of hydrogen-bond donors (Lipinski definition) is 4. The van der Waals surface area contributed by atoms with Gasteiger partial charge in [0.15, 0.2) is 0 Å². The second-order valence-corrected chi connectivity index (χ2v) is 10.9. The van der Waals surface area contributed by atoms with E-state index in [0.717, 1.165) is 66.0 Å². The molecular weight excluding hydrogens is 476 g/mol. The van der Waals surface area contributed by atoms with Gasteiger partial charge in [-0.3, -0.25) is 4.79 Å². The number of aryl methyl sites for hydroxylation is 1. The maximum absolute atomic E-state index is 13.0. The van der Waals surface area contributed by atoms with Crippen LogP contribution in [0.1, 0.15) is 71.4 Å². The minimum Gasteiger partial charge on any atom is -0.389 e. The van der Waals surface area contributed by atoms with Gasteiger partial charge in [-0.05, 0) is 77.5 Å². The van der Waals surface area contributed by atoms with Gasteiger partial charge in [0, 0.05) is 53.7 Å². The van der Waals surface area contributed by atoms with Crippen LogP contribution < -0.4 is 16.0 Å². The smallest absolute Gasteiger partial charge is 0.254 e. The van der Waals surface area contributed by atoms with Crippen molar-refractivity contribution in [2.45, 2.75) is 77.7 Å². The van der Waals surface area contributed by atoms with Crippen molar-refractivity contribution in [3.63, 3.8) is 0 Å². The summed E-state index contributed by atoms with van der Waals surface area (Å²) in [5.41, 5.74) is 2.78. The fourth-order valence-corrected chi connectivity index (χ4v) is 5.47. The molecule has 7 nitrogen and oxygen atoms in total. The molecule has 0 atom stereocenters. The summed E-state index contributed by atoms with van der Waals surface area (Å²) >= 11 is 6.75. The molecule has 3 rings (SSSR count). The SMILES string of the molecule is C/C=C(/NC(=O)C1=C(C)NCCC1)N1CCC(C=O)(c2c(Cl)ccc(CC)c2NCC(C)(C)O)CC1. The molecule has 4 N–H and O–H groups in total. The Morgan fingerprint density at radius 1 is 1.31 bits per heavy atom. The number of benzene rings is 1. The maximum Gasteiger partial charge on any atom is 0.254 e. The Labute approximate surface area is 220 Å². The number of likely N-dealkylation sites (tertiary alicyclic amines) is 1. The van der Waals surface area contributed by atoms with Crippen LogP contribution in [-0.4, -0.2) is 54.0 Å². The first-order valence-corrected chi connectivity index (χ1v) is 13.3. The summed E-state index contributed by atoms with van der Waals surface area (Å²) in [6.45, 7) is 11.9. The molecule has 0 aromatic heterocycles. The Morgan fingerprint density at radius 2 is 2.00 bits per heavy atom. The monoisotopic (exact) mass is 516 g/mol. The van der Waals surface area contributed by atoms with Crippen molar-refractivity contribution in [1.29, 1.82) is 0 Å². The van der Waals surface area contributed by atoms with E-state index in [1.54, 1.807) is 13.8 Å². The largest absolute Gasteiger partial charge is 0.389 e. The van der Waals surface area contributed by atoms with E-state index in [1.165, 1.54) is 0 Å². The van der Waals surface area contributed by atoms with Crippen molar-refractivity contribution in [3.05, 3.63) is 51.4 Å². The third-order valence-corrected chi connectivity index (χ3v) is 7.59. The van der Waals surface area contributed by atoms with Crippen molar-refractivity contribution in [2.24, 2.45) is 0 Å². The zero-order valence-corrected chi connectivity index (χ0v) is 23.0. The number of aliphatic hydroxyl groups is 1. The number of halogens is 1. The Balaban J connectivity index is 1.83. The van der Waals surface area contributed by atoms with Crippen LogP contribution in [0.25, 0.3) is 0 Å². The Bertz CT molecular complexity index is 1030. The molecule has 0 spiro atoms. The van der Waals surface area contributed by atoms with E-state index in [4.69, 9.17) is 11.6 Å². The van der Waals surface area contributed by atoms with Gasteiger partial charge in [-0.25, -0.2) is 0 Å². The van der Waals surface area contributed by atoms with E-state index < -0.39 is 11.0 Å². The summed E-state index contributed by atoms with van der Waals surface area (Å²) in [4.78, 5) is 27.8. The predicted molar refractivity (Wildman–Crippen MR) is 146 cm³/mol. The zero-order valence-electron chi connectivity index (χ0n) is 22.3. The summed E-state index contributed by atoms with van der Waals surface area (Å²) in [6, 6.07) is 3.85. The van der Waals surface area contributed by atoms with E-state index in [2.05, 4.69) is 27.8 Å². The molecule has 1 fully saturated rings. The van der Waals surface area contributed by atoms with Crippen LogP contribution in [0.5, 0.6) is 0 Å². The summed E-state index contributed by atoms with van der Waals surface area (Å²) < 4.78 is 0. The number of allylic oxidation sites excluding steroid dienone is 2. The van der Waals surface area contributed by atoms with E-state index in [1.807, 2.05) is 32.1 Å². The molecule has 36 heavy (non-hydrogen) atoms. The van der Waals surface area contributed by atoms with Gasteiger partial charge in [0.1, 0.15) is 12.1 Å². The highest BCUT2D eigenvalue weighted by Gasteiger charge is 2.40. The number of aldehydes is 1. The molecule has 2 aliphatic heterocycles. The molecule has 0 bridgehead atoms. The number of carbonyl (C=O) groups is 2. The molecular formula is C28H41ClN4O3. The second kappa shape index (κ2) is 11.7. The van der Waals surface area contributed by atoms with Gasteiger partial charge in [0.25, 0.3) is 5.91 Å². The lowest BCUT2D eigenvalue weighted by atomic mass is 9.72. The van der Waals surface area contributed by atoms with Gasteiger partial charge < -0.3 is 30.8 Å². The Hall–Kier alpha value is -2.51. The summed E-state index contributed by atoms with van der Waals surface area (Å²) in [5.74, 6) is 0.691. The molecule has 0 saturated carbocycles. The van der Waals surface area contributed by atoms with Crippen molar-refractivity contribution < 1.29 is 14.7 Å². The summed E-state index contributed by atoms with van der Waals surface area (Å²) in [5, 5.41) is 20.6. The standard InChI is InChI=1S/C28H41ClN4O3/c1-6-20-10-11-22(29)24(25(20)31-17-27(4,5)36)28(18-34)12-15-33(16-13-28)23(7-2)32-26(35)21-9-8-14-30-19(21)3/h7,10-11,18,30-31,36H,6,8-9,12-17H2,1-5H3,(H,32,35)/b23-7-. The van der Waals surface area contributed by atoms with Crippen LogP contribution in [0.2, 0.25) is 5.02 Å². The van der Waals surface area contributed by atoms with Crippen LogP contribution in [0.4, 0.5) is 5.69 Å². The van der Waals surface area contributed by atoms with Gasteiger partial charge in [0.05, 0.1) is 11.0 Å². The highest BCUT2D eigenvalue weighted by molar-refractivity contribution is 6.32. The van der Waals surface area contributed by atoms with Crippen LogP contribution in [0.3, 0.4) is 0 Å². The number of amides is 1. The van der Waals surface area contributed by atoms with E-state index in [-0.39, 0.29) is 5.91 Å². The minimum absolute atomic E-state index is 0.0724. The van der Waals surface area contributed by atoms with E-state index in [9.17, 15) is 14.7 Å². The summed E-state index contributed by atoms with van der Waals surface area (Å²) in [7, 11) is 0. The summed E-state index contributed by atoms with van der Waals surface area (Å²) in [6.07, 6.45) is 6.57. The quantitative estimate of drug-likeness (QED) is 0.367. The highest BCUT2D eigenvalue weighted by Crippen LogP contribution is 2.44. The van der Waals surface area contributed by atoms with Crippen molar-refractivity contribution >= 4 is 29.5 Å². The third-order valence-electron chi connectivity index (χ3n) is 7.27. The van der Waals surface area contributed by atoms with E-state index in [0.29, 0.717) is 37.5 Å². The van der Waals surface area contributed by atoms with Gasteiger partial charge in [-0.1, -0.05) is 24.6 Å². The molecule has 1 aromatic rings. The highest BCUT2D eigenvalue weighted by atomic mass is 35.5. The van der Waals surface area contributed by atoms with Crippen LogP contribution in [0.15, 0.2) is 35.3 Å². The third kappa shape index (κ3) is 6.24. The van der Waals surface area contributed by atoms with Crippen molar-refractivity contribution in [2.75, 3.05) is 31.5 Å². The normalized spacial score (nSPS) is 18.5. The lowest BCUT2D eigenvalue weighted by Gasteiger charge is -2.42. The Kier molecular flexibility index (Phi) is 9.12. The zero-order chi connectivity index (χ0) is 26.5. The molecule has 0 unspecified atom stereocenters. The average Bonchev–Trinajstić information content (AvgIpc) is 2.86. The number of nitrogens with one attached hydrogen (secondary N) is 3. The first kappa shape index (κ1) is 28.1. The first-order chi connectivity index (χ1) is 17.0. The van der Waals surface area contributed by atoms with Gasteiger partial charge in [-0.15, -0.1) is 0 Å². The molecule has 2 heterocycles. The molecule has 0 aliphatic carbocycles. The first-order valence-electron chi connectivity index (χ1n) is 13.0. The predicted octanol–water partition coefficient (Wildman–Crippen LogP) is 4.25. The molecule has 8 heteroatoms. The topological polar surface area (TPSA) is 93.7 Å². The van der Waals surface area contributed by atoms with Gasteiger partial charge in [0.2, 0.25) is 0 Å². The Morgan fingerprint density at radius 3 is 2.56 bits per heavy atom. The number of piperidine rings is 1. The number of anilines is 1. The lowest BCUT2D eigenvalue weighted by molar-refractivity contribution is -0.118. The maximum atomic E-state index is 13.0. The molecule has 1 saturated heterocycles. The average molecular weight is 517 g/mol. The fourth-order valence-electron chi connectivity index (χ4n) is 5.13. The van der Waals surface area contributed by atoms with Crippen LogP contribution >= 0.6 is 11.6 Å². The molecule has 0 radical (unpaired) electrons. The van der Waals surface area contributed by atoms with Crippen LogP contribution in [0, 0.1) is 0 Å². The number of rotatable bonds is 9. The molecule has 1 aromatic carbocycles. The van der Waals surface area contributed by atoms with Crippen molar-refractivity contribution in [3.8, 4) is 0 Å². The van der Waals surface area contributed by atoms with E-state index >= 15 is 0 Å². The molecule has 1 amide bonds. The lowest BCUT2D eigenvalue weighted by Crippen LogP contribution is -2.47. The van der Waals surface area contributed by atoms with Gasteiger partial charge >= 0.3 is 0 Å². The van der Waals surface area contributed by atoms with Gasteiger partial charge in [-0.2, -0.15) is 0 Å². The second-order valence-electron chi connectivity index (χ2n) is 10.5. The van der Waals surface area contributed by atoms with Crippen molar-refractivity contribution in [1.82, 2.24) is 15.5 Å². The fraction of sp³-hybridized carbons (Fsp3) is 0.571.